The Morgan fingerprint density at radius 1 is 1.46 bits per heavy atom. The lowest BCUT2D eigenvalue weighted by molar-refractivity contribution is -0.132. The molecular weight excluding hydrogens is 168 g/mol. The molecule has 1 fully saturated rings. The molecule has 0 heterocycles. The lowest BCUT2D eigenvalue weighted by Crippen LogP contribution is -2.27. The van der Waals surface area contributed by atoms with Gasteiger partial charge in [0.2, 0.25) is 0 Å². The summed E-state index contributed by atoms with van der Waals surface area (Å²) in [6, 6.07) is 0. The predicted octanol–water partition coefficient (Wildman–Crippen LogP) is 1.27. The molecule has 0 N–H and O–H groups in total. The van der Waals surface area contributed by atoms with E-state index < -0.39 is 0 Å². The van der Waals surface area contributed by atoms with E-state index in [-0.39, 0.29) is 11.9 Å². The molecule has 0 aliphatic heterocycles. The molecule has 0 aromatic heterocycles. The maximum atomic E-state index is 11.2. The van der Waals surface area contributed by atoms with E-state index >= 15 is 0 Å². The van der Waals surface area contributed by atoms with Crippen LogP contribution in [0.5, 0.6) is 0 Å². The van der Waals surface area contributed by atoms with E-state index in [1.54, 1.807) is 6.08 Å². The molecule has 0 radical (unpaired) electrons. The highest BCUT2D eigenvalue weighted by molar-refractivity contribution is 5.83. The summed E-state index contributed by atoms with van der Waals surface area (Å²) in [5, 5.41) is 0. The van der Waals surface area contributed by atoms with Gasteiger partial charge in [-0.3, -0.25) is 9.59 Å². The number of ketones is 1. The summed E-state index contributed by atoms with van der Waals surface area (Å²) < 4.78 is 5.30. The number of ether oxygens (including phenoxy) is 1. The third-order valence-corrected chi connectivity index (χ3v) is 2.11. The number of aldehydes is 1. The summed E-state index contributed by atoms with van der Waals surface area (Å²) in [7, 11) is 0. The molecule has 3 heteroatoms. The van der Waals surface area contributed by atoms with Crippen molar-refractivity contribution in [2.75, 3.05) is 6.61 Å². The zero-order chi connectivity index (χ0) is 9.52. The predicted molar refractivity (Wildman–Crippen MR) is 48.4 cm³/mol. The summed E-state index contributed by atoms with van der Waals surface area (Å²) in [6.45, 7) is 0.356. The fourth-order valence-electron chi connectivity index (χ4n) is 1.41. The Hall–Kier alpha value is -0.960. The van der Waals surface area contributed by atoms with Crippen molar-refractivity contribution in [2.45, 2.75) is 31.8 Å². The molecule has 1 atom stereocenters. The van der Waals surface area contributed by atoms with E-state index in [9.17, 15) is 9.59 Å². The van der Waals surface area contributed by atoms with Gasteiger partial charge in [0.25, 0.3) is 0 Å². The molecule has 1 saturated carbocycles. The highest BCUT2D eigenvalue weighted by Gasteiger charge is 2.21. The van der Waals surface area contributed by atoms with Crippen LogP contribution in [-0.4, -0.2) is 24.8 Å². The van der Waals surface area contributed by atoms with Gasteiger partial charge in [-0.05, 0) is 25.3 Å². The number of rotatable bonds is 4. The first-order valence-corrected chi connectivity index (χ1v) is 4.59. The topological polar surface area (TPSA) is 43.4 Å². The van der Waals surface area contributed by atoms with Gasteiger partial charge in [-0.25, -0.2) is 0 Å². The first kappa shape index (κ1) is 10.1. The van der Waals surface area contributed by atoms with Crippen LogP contribution >= 0.6 is 0 Å². The second kappa shape index (κ2) is 5.65. The lowest BCUT2D eigenvalue weighted by Gasteiger charge is -2.19. The number of carbonyl (C=O) groups excluding carboxylic acids is 2. The Labute approximate surface area is 77.8 Å². The molecule has 1 rings (SSSR count). The van der Waals surface area contributed by atoms with E-state index in [0.29, 0.717) is 19.3 Å². The molecule has 1 unspecified atom stereocenters. The van der Waals surface area contributed by atoms with Crippen molar-refractivity contribution in [3.63, 3.8) is 0 Å². The van der Waals surface area contributed by atoms with Crippen LogP contribution in [0.3, 0.4) is 0 Å². The van der Waals surface area contributed by atoms with Gasteiger partial charge in [0, 0.05) is 6.42 Å². The minimum absolute atomic E-state index is 0.200. The van der Waals surface area contributed by atoms with Crippen molar-refractivity contribution in [1.29, 1.82) is 0 Å². The van der Waals surface area contributed by atoms with Crippen molar-refractivity contribution < 1.29 is 14.3 Å². The number of hydrogen-bond donors (Lipinski definition) is 0. The fraction of sp³-hybridized carbons (Fsp3) is 0.600. The van der Waals surface area contributed by atoms with Crippen LogP contribution < -0.4 is 0 Å². The third-order valence-electron chi connectivity index (χ3n) is 2.11. The van der Waals surface area contributed by atoms with Gasteiger partial charge in [-0.1, -0.05) is 6.08 Å². The van der Waals surface area contributed by atoms with Crippen molar-refractivity contribution in [2.24, 2.45) is 0 Å². The summed E-state index contributed by atoms with van der Waals surface area (Å²) in [5.41, 5.74) is 0. The Bertz CT molecular complexity index is 208. The molecule has 13 heavy (non-hydrogen) atoms. The van der Waals surface area contributed by atoms with E-state index in [4.69, 9.17) is 4.74 Å². The molecule has 0 aromatic carbocycles. The molecule has 0 saturated heterocycles. The maximum absolute atomic E-state index is 11.2. The maximum Gasteiger partial charge on any atom is 0.161 e. The van der Waals surface area contributed by atoms with Crippen molar-refractivity contribution in [3.05, 3.63) is 12.2 Å². The number of carbonyl (C=O) groups is 2. The van der Waals surface area contributed by atoms with Crippen molar-refractivity contribution in [3.8, 4) is 0 Å². The van der Waals surface area contributed by atoms with Gasteiger partial charge in [0.05, 0.1) is 6.61 Å². The Morgan fingerprint density at radius 3 is 3.00 bits per heavy atom. The van der Waals surface area contributed by atoms with Gasteiger partial charge in [0.15, 0.2) is 5.78 Å². The minimum atomic E-state index is -0.231. The van der Waals surface area contributed by atoms with E-state index in [0.717, 1.165) is 19.3 Å². The molecule has 72 valence electrons. The van der Waals surface area contributed by atoms with Crippen molar-refractivity contribution in [1.82, 2.24) is 0 Å². The number of Topliss-reactive ketones (excluding diaryl/α,β-unsaturated/α-hetero) is 1. The van der Waals surface area contributed by atoms with Gasteiger partial charge < -0.3 is 4.74 Å². The van der Waals surface area contributed by atoms with Gasteiger partial charge in [-0.15, -0.1) is 0 Å². The fourth-order valence-corrected chi connectivity index (χ4v) is 1.41. The average Bonchev–Trinajstić information content (AvgIpc) is 2.15. The number of allylic oxidation sites excluding steroid dienone is 1. The zero-order valence-electron chi connectivity index (χ0n) is 7.57. The lowest BCUT2D eigenvalue weighted by atomic mass is 9.96. The molecule has 1 aliphatic carbocycles. The van der Waals surface area contributed by atoms with E-state index in [2.05, 4.69) is 0 Å². The second-order valence-corrected chi connectivity index (χ2v) is 3.10. The quantitative estimate of drug-likeness (QED) is 0.485. The SMILES string of the molecule is O=C/C=C/COC1CCCCC1=O. The summed E-state index contributed by atoms with van der Waals surface area (Å²) >= 11 is 0. The van der Waals surface area contributed by atoms with Crippen LogP contribution in [0.1, 0.15) is 25.7 Å². The molecule has 0 aromatic rings. The summed E-state index contributed by atoms with van der Waals surface area (Å²) in [6.07, 6.45) is 6.99. The van der Waals surface area contributed by atoms with Crippen LogP contribution in [0.2, 0.25) is 0 Å². The molecule has 0 spiro atoms. The van der Waals surface area contributed by atoms with Crippen LogP contribution in [-0.2, 0) is 14.3 Å². The minimum Gasteiger partial charge on any atom is -0.366 e. The standard InChI is InChI=1S/C10H14O3/c11-7-3-4-8-13-10-6-2-1-5-9(10)12/h3-4,7,10H,1-2,5-6,8H2/b4-3+. The smallest absolute Gasteiger partial charge is 0.161 e. The summed E-state index contributed by atoms with van der Waals surface area (Å²) in [5.74, 6) is 0.200. The first-order valence-electron chi connectivity index (χ1n) is 4.59. The highest BCUT2D eigenvalue weighted by atomic mass is 16.5. The van der Waals surface area contributed by atoms with E-state index in [1.807, 2.05) is 0 Å². The normalized spacial score (nSPS) is 23.7. The van der Waals surface area contributed by atoms with Crippen molar-refractivity contribution >= 4 is 12.1 Å². The number of hydrogen-bond acceptors (Lipinski definition) is 3. The monoisotopic (exact) mass is 182 g/mol. The Balaban J connectivity index is 2.22. The molecular formula is C10H14O3. The van der Waals surface area contributed by atoms with Crippen LogP contribution in [0.25, 0.3) is 0 Å². The molecule has 0 amide bonds. The average molecular weight is 182 g/mol. The zero-order valence-corrected chi connectivity index (χ0v) is 7.57. The van der Waals surface area contributed by atoms with E-state index in [1.165, 1.54) is 6.08 Å². The first-order chi connectivity index (χ1) is 6.34. The molecule has 3 nitrogen and oxygen atoms in total. The van der Waals surface area contributed by atoms with Crippen LogP contribution in [0, 0.1) is 0 Å². The largest absolute Gasteiger partial charge is 0.366 e. The van der Waals surface area contributed by atoms with Crippen LogP contribution in [0.4, 0.5) is 0 Å². The molecule has 1 aliphatic rings. The van der Waals surface area contributed by atoms with Crippen LogP contribution in [0.15, 0.2) is 12.2 Å². The van der Waals surface area contributed by atoms with Gasteiger partial charge in [0.1, 0.15) is 12.4 Å². The third kappa shape index (κ3) is 3.51. The molecule has 0 bridgehead atoms. The van der Waals surface area contributed by atoms with Gasteiger partial charge in [-0.2, -0.15) is 0 Å². The summed E-state index contributed by atoms with van der Waals surface area (Å²) in [4.78, 5) is 21.2. The Morgan fingerprint density at radius 2 is 2.31 bits per heavy atom. The Kier molecular flexibility index (Phi) is 4.40. The van der Waals surface area contributed by atoms with Gasteiger partial charge >= 0.3 is 0 Å². The highest BCUT2D eigenvalue weighted by Crippen LogP contribution is 2.17. The second-order valence-electron chi connectivity index (χ2n) is 3.10.